The summed E-state index contributed by atoms with van der Waals surface area (Å²) in [6.45, 7) is 7.37. The second-order valence-corrected chi connectivity index (χ2v) is 9.42. The summed E-state index contributed by atoms with van der Waals surface area (Å²) in [7, 11) is 0. The van der Waals surface area contributed by atoms with Gasteiger partial charge in [-0.1, -0.05) is 25.3 Å². The van der Waals surface area contributed by atoms with Crippen molar-refractivity contribution in [2.24, 2.45) is 0 Å². The minimum atomic E-state index is -0.201. The number of hydrogen-bond donors (Lipinski definition) is 4. The summed E-state index contributed by atoms with van der Waals surface area (Å²) < 4.78 is 2.98. The minimum Gasteiger partial charge on any atom is -0.508 e. The van der Waals surface area contributed by atoms with Crippen molar-refractivity contribution in [3.8, 4) is 34.4 Å². The third-order valence-corrected chi connectivity index (χ3v) is 6.74. The summed E-state index contributed by atoms with van der Waals surface area (Å²) in [4.78, 5) is 25.4. The number of phenols is 4. The van der Waals surface area contributed by atoms with Crippen molar-refractivity contribution < 1.29 is 20.4 Å². The van der Waals surface area contributed by atoms with E-state index in [1.807, 2.05) is 0 Å². The second kappa shape index (κ2) is 11.2. The van der Waals surface area contributed by atoms with Gasteiger partial charge in [0.05, 0.1) is 10.8 Å². The molecule has 0 aliphatic heterocycles. The summed E-state index contributed by atoms with van der Waals surface area (Å²) >= 11 is 0. The Morgan fingerprint density at radius 2 is 0.857 bits per heavy atom. The first-order chi connectivity index (χ1) is 20.2. The molecule has 6 rings (SSSR count). The van der Waals surface area contributed by atoms with Crippen molar-refractivity contribution in [2.75, 3.05) is 0 Å². The molecule has 42 heavy (non-hydrogen) atoms. The lowest BCUT2D eigenvalue weighted by Gasteiger charge is -2.09. The molecule has 208 valence electrons. The highest BCUT2D eigenvalue weighted by Crippen LogP contribution is 2.25. The van der Waals surface area contributed by atoms with E-state index in [1.165, 1.54) is 45.5 Å². The SMILES string of the molecule is C=Cc1cc(O)cc2ccn(-c3ccc(O)cc3)c(=O)c12.C=Cc1cc(O)cc2ccn(-c3ccc(O)cc3)c(=O)c12. The average Bonchev–Trinajstić information content (AvgIpc) is 2.98. The topological polar surface area (TPSA) is 125 Å². The van der Waals surface area contributed by atoms with Gasteiger partial charge in [0.2, 0.25) is 0 Å². The van der Waals surface area contributed by atoms with Gasteiger partial charge in [0.1, 0.15) is 23.0 Å². The maximum absolute atomic E-state index is 12.7. The van der Waals surface area contributed by atoms with Crippen molar-refractivity contribution >= 4 is 33.7 Å². The van der Waals surface area contributed by atoms with Gasteiger partial charge < -0.3 is 20.4 Å². The third kappa shape index (κ3) is 5.24. The van der Waals surface area contributed by atoms with Crippen LogP contribution in [0.5, 0.6) is 23.0 Å². The van der Waals surface area contributed by atoms with E-state index >= 15 is 0 Å². The number of rotatable bonds is 4. The van der Waals surface area contributed by atoms with E-state index < -0.39 is 0 Å². The van der Waals surface area contributed by atoms with Crippen LogP contribution in [0.3, 0.4) is 0 Å². The first-order valence-electron chi connectivity index (χ1n) is 12.8. The highest BCUT2D eigenvalue weighted by atomic mass is 16.3. The molecule has 6 aromatic rings. The minimum absolute atomic E-state index is 0.0965. The van der Waals surface area contributed by atoms with Crippen LogP contribution >= 0.6 is 0 Å². The third-order valence-electron chi connectivity index (χ3n) is 6.74. The van der Waals surface area contributed by atoms with Gasteiger partial charge in [-0.3, -0.25) is 18.7 Å². The molecule has 0 spiro atoms. The fourth-order valence-electron chi connectivity index (χ4n) is 4.74. The predicted molar refractivity (Wildman–Crippen MR) is 166 cm³/mol. The van der Waals surface area contributed by atoms with Crippen LogP contribution in [-0.4, -0.2) is 29.6 Å². The summed E-state index contributed by atoms with van der Waals surface area (Å²) in [5.41, 5.74) is 2.08. The zero-order valence-electron chi connectivity index (χ0n) is 22.3. The summed E-state index contributed by atoms with van der Waals surface area (Å²) in [5, 5.41) is 40.3. The van der Waals surface area contributed by atoms with E-state index in [-0.39, 0.29) is 34.1 Å². The lowest BCUT2D eigenvalue weighted by atomic mass is 10.1. The lowest BCUT2D eigenvalue weighted by molar-refractivity contribution is 0.474. The fourth-order valence-corrected chi connectivity index (χ4v) is 4.74. The highest BCUT2D eigenvalue weighted by molar-refractivity contribution is 5.92. The lowest BCUT2D eigenvalue weighted by Crippen LogP contribution is -2.18. The summed E-state index contributed by atoms with van der Waals surface area (Å²) in [5.74, 6) is 0.479. The number of phenolic OH excluding ortho intramolecular Hbond substituents is 4. The molecule has 0 saturated carbocycles. The van der Waals surface area contributed by atoms with Crippen molar-refractivity contribution in [3.63, 3.8) is 0 Å². The van der Waals surface area contributed by atoms with Crippen LogP contribution < -0.4 is 11.1 Å². The number of aromatic hydroxyl groups is 4. The standard InChI is InChI=1S/2C17H13NO3/c2*1-2-11-9-15(20)10-12-7-8-18(17(21)16(11)12)13-3-5-14(19)6-4-13/h2*2-10,19-20H,1H2. The van der Waals surface area contributed by atoms with Gasteiger partial charge >= 0.3 is 0 Å². The molecule has 0 unspecified atom stereocenters. The van der Waals surface area contributed by atoms with Crippen LogP contribution in [0.2, 0.25) is 0 Å². The smallest absolute Gasteiger partial charge is 0.263 e. The van der Waals surface area contributed by atoms with Crippen LogP contribution in [0, 0.1) is 0 Å². The van der Waals surface area contributed by atoms with E-state index in [9.17, 15) is 30.0 Å². The van der Waals surface area contributed by atoms with Gasteiger partial charge in [0.25, 0.3) is 11.1 Å². The molecule has 0 amide bonds. The number of nitrogens with zero attached hydrogens (tertiary/aromatic N) is 2. The Balaban J connectivity index is 0.000000168. The van der Waals surface area contributed by atoms with Crippen LogP contribution in [0.4, 0.5) is 0 Å². The Morgan fingerprint density at radius 3 is 1.19 bits per heavy atom. The largest absolute Gasteiger partial charge is 0.508 e. The Labute approximate surface area is 239 Å². The zero-order valence-corrected chi connectivity index (χ0v) is 22.3. The normalized spacial score (nSPS) is 10.7. The first-order valence-corrected chi connectivity index (χ1v) is 12.8. The van der Waals surface area contributed by atoms with E-state index in [0.29, 0.717) is 44.0 Å². The van der Waals surface area contributed by atoms with Crippen molar-refractivity contribution in [2.45, 2.75) is 0 Å². The van der Waals surface area contributed by atoms with Gasteiger partial charge in [-0.15, -0.1) is 0 Å². The summed E-state index contributed by atoms with van der Waals surface area (Å²) in [6.07, 6.45) is 6.38. The average molecular weight is 559 g/mol. The van der Waals surface area contributed by atoms with Crippen LogP contribution in [0.25, 0.3) is 45.1 Å². The molecule has 8 nitrogen and oxygen atoms in total. The summed E-state index contributed by atoms with van der Waals surface area (Å²) in [6, 6.07) is 22.4. The number of fused-ring (bicyclic) bond motifs is 2. The van der Waals surface area contributed by atoms with Gasteiger partial charge in [-0.05, 0) is 107 Å². The predicted octanol–water partition coefficient (Wildman–Crippen LogP) is 6.09. The quantitative estimate of drug-likeness (QED) is 0.208. The van der Waals surface area contributed by atoms with Gasteiger partial charge in [0.15, 0.2) is 0 Å². The first kappa shape index (κ1) is 27.5. The molecule has 0 aliphatic carbocycles. The van der Waals surface area contributed by atoms with Crippen LogP contribution in [0.1, 0.15) is 11.1 Å². The molecule has 0 aliphatic rings. The number of pyridine rings is 2. The molecule has 0 bridgehead atoms. The Bertz CT molecular complexity index is 1940. The molecule has 0 radical (unpaired) electrons. The molecule has 0 fully saturated rings. The highest BCUT2D eigenvalue weighted by Gasteiger charge is 2.11. The monoisotopic (exact) mass is 558 g/mol. The Hall–Kier alpha value is -6.02. The van der Waals surface area contributed by atoms with Gasteiger partial charge in [0, 0.05) is 23.8 Å². The number of benzene rings is 4. The molecule has 2 heterocycles. The van der Waals surface area contributed by atoms with Crippen molar-refractivity contribution in [3.05, 3.63) is 142 Å². The maximum Gasteiger partial charge on any atom is 0.263 e. The number of hydrogen-bond acceptors (Lipinski definition) is 6. The molecule has 8 heteroatoms. The molecule has 0 atom stereocenters. The molecule has 2 aromatic heterocycles. The number of aromatic nitrogens is 2. The van der Waals surface area contributed by atoms with Crippen LogP contribution in [-0.2, 0) is 0 Å². The molecular weight excluding hydrogens is 532 g/mol. The molecule has 4 N–H and O–H groups in total. The Morgan fingerprint density at radius 1 is 0.500 bits per heavy atom. The zero-order chi connectivity index (χ0) is 30.0. The fraction of sp³-hybridized carbons (Fsp3) is 0. The van der Waals surface area contributed by atoms with E-state index in [0.717, 1.165) is 0 Å². The van der Waals surface area contributed by atoms with Gasteiger partial charge in [-0.2, -0.15) is 0 Å². The van der Waals surface area contributed by atoms with Gasteiger partial charge in [-0.25, -0.2) is 0 Å². The van der Waals surface area contributed by atoms with E-state index in [4.69, 9.17) is 0 Å². The maximum atomic E-state index is 12.7. The van der Waals surface area contributed by atoms with E-state index in [2.05, 4.69) is 13.2 Å². The second-order valence-electron chi connectivity index (χ2n) is 9.42. The molecule has 0 saturated heterocycles. The van der Waals surface area contributed by atoms with E-state index in [1.54, 1.807) is 73.1 Å². The molecule has 4 aromatic carbocycles. The Kier molecular flexibility index (Phi) is 7.36. The van der Waals surface area contributed by atoms with Crippen molar-refractivity contribution in [1.82, 2.24) is 9.13 Å². The van der Waals surface area contributed by atoms with Crippen molar-refractivity contribution in [1.29, 1.82) is 0 Å². The van der Waals surface area contributed by atoms with Crippen LogP contribution in [0.15, 0.2) is 120 Å². The molecular formula is C34H26N2O6.